The van der Waals surface area contributed by atoms with Crippen molar-refractivity contribution in [1.29, 1.82) is 0 Å². The Kier molecular flexibility index (Phi) is 3.34. The van der Waals surface area contributed by atoms with Crippen LogP contribution in [0.4, 0.5) is 13.2 Å². The first-order valence-electron chi connectivity index (χ1n) is 5.24. The fraction of sp³-hybridized carbons (Fsp3) is 0.154. The van der Waals surface area contributed by atoms with Crippen molar-refractivity contribution >= 4 is 0 Å². The molecule has 1 aromatic carbocycles. The molecule has 0 aliphatic heterocycles. The van der Waals surface area contributed by atoms with Crippen molar-refractivity contribution < 1.29 is 18.3 Å². The molecule has 2 nitrogen and oxygen atoms in total. The Balaban J connectivity index is 2.35. The lowest BCUT2D eigenvalue weighted by molar-refractivity contribution is -0.137. The average molecular weight is 253 g/mol. The second-order valence-corrected chi connectivity index (χ2v) is 3.78. The van der Waals surface area contributed by atoms with Gasteiger partial charge in [-0.15, -0.1) is 0 Å². The zero-order chi connectivity index (χ0) is 13.2. The zero-order valence-corrected chi connectivity index (χ0v) is 9.22. The third-order valence-electron chi connectivity index (χ3n) is 2.50. The summed E-state index contributed by atoms with van der Waals surface area (Å²) in [6, 6.07) is 9.50. The van der Waals surface area contributed by atoms with Gasteiger partial charge in [-0.2, -0.15) is 13.2 Å². The Bertz CT molecular complexity index is 525. The van der Waals surface area contributed by atoms with Crippen molar-refractivity contribution in [2.75, 3.05) is 0 Å². The van der Waals surface area contributed by atoms with Crippen LogP contribution in [0.25, 0.3) is 0 Å². The number of halogens is 3. The summed E-state index contributed by atoms with van der Waals surface area (Å²) in [4.78, 5) is 3.92. The minimum absolute atomic E-state index is 0.170. The van der Waals surface area contributed by atoms with Gasteiger partial charge in [-0.1, -0.05) is 18.2 Å². The van der Waals surface area contributed by atoms with Gasteiger partial charge in [0, 0.05) is 6.20 Å². The van der Waals surface area contributed by atoms with E-state index in [1.54, 1.807) is 18.2 Å². The van der Waals surface area contributed by atoms with Crippen molar-refractivity contribution in [3.05, 3.63) is 65.5 Å². The van der Waals surface area contributed by atoms with E-state index in [1.807, 2.05) is 0 Å². The molecule has 1 N–H and O–H groups in total. The van der Waals surface area contributed by atoms with Gasteiger partial charge < -0.3 is 5.11 Å². The minimum atomic E-state index is -4.42. The van der Waals surface area contributed by atoms with E-state index in [0.29, 0.717) is 5.69 Å². The topological polar surface area (TPSA) is 33.1 Å². The maximum Gasteiger partial charge on any atom is 0.416 e. The van der Waals surface area contributed by atoms with Gasteiger partial charge in [-0.3, -0.25) is 4.98 Å². The Labute approximate surface area is 102 Å². The van der Waals surface area contributed by atoms with E-state index in [1.165, 1.54) is 18.3 Å². The Morgan fingerprint density at radius 2 is 1.83 bits per heavy atom. The van der Waals surface area contributed by atoms with Crippen molar-refractivity contribution in [3.8, 4) is 0 Å². The average Bonchev–Trinajstić information content (AvgIpc) is 2.38. The molecule has 0 saturated heterocycles. The maximum atomic E-state index is 12.5. The largest absolute Gasteiger partial charge is 0.416 e. The number of aliphatic hydroxyl groups is 1. The maximum absolute atomic E-state index is 12.5. The fourth-order valence-electron chi connectivity index (χ4n) is 1.59. The van der Waals surface area contributed by atoms with E-state index in [4.69, 9.17) is 0 Å². The molecule has 0 aliphatic carbocycles. The molecule has 0 spiro atoms. The van der Waals surface area contributed by atoms with Gasteiger partial charge in [0.1, 0.15) is 6.10 Å². The summed E-state index contributed by atoms with van der Waals surface area (Å²) in [6.45, 7) is 0. The van der Waals surface area contributed by atoms with Crippen molar-refractivity contribution in [3.63, 3.8) is 0 Å². The lowest BCUT2D eigenvalue weighted by Gasteiger charge is -2.13. The molecule has 0 unspecified atom stereocenters. The number of benzene rings is 1. The number of hydrogen-bond donors (Lipinski definition) is 1. The number of rotatable bonds is 2. The van der Waals surface area contributed by atoms with Gasteiger partial charge in [-0.25, -0.2) is 0 Å². The quantitative estimate of drug-likeness (QED) is 0.891. The fourth-order valence-corrected chi connectivity index (χ4v) is 1.59. The predicted octanol–water partition coefficient (Wildman–Crippen LogP) is 3.18. The van der Waals surface area contributed by atoms with Crippen molar-refractivity contribution in [1.82, 2.24) is 4.98 Å². The SMILES string of the molecule is O[C@@H](c1cccc(C(F)(F)F)c1)c1ccccn1. The lowest BCUT2D eigenvalue weighted by atomic mass is 10.0. The summed E-state index contributed by atoms with van der Waals surface area (Å²) < 4.78 is 37.6. The second kappa shape index (κ2) is 4.78. The first-order chi connectivity index (χ1) is 8.48. The van der Waals surface area contributed by atoms with Crippen LogP contribution in [-0.4, -0.2) is 10.1 Å². The summed E-state index contributed by atoms with van der Waals surface area (Å²) in [5.41, 5.74) is -0.296. The first-order valence-corrected chi connectivity index (χ1v) is 5.24. The van der Waals surface area contributed by atoms with Crippen LogP contribution in [-0.2, 0) is 6.18 Å². The first kappa shape index (κ1) is 12.6. The number of nitrogens with zero attached hydrogens (tertiary/aromatic N) is 1. The zero-order valence-electron chi connectivity index (χ0n) is 9.22. The molecule has 0 saturated carbocycles. The number of pyridine rings is 1. The van der Waals surface area contributed by atoms with E-state index in [2.05, 4.69) is 4.98 Å². The van der Waals surface area contributed by atoms with Crippen LogP contribution < -0.4 is 0 Å². The third kappa shape index (κ3) is 2.68. The Morgan fingerprint density at radius 1 is 1.06 bits per heavy atom. The molecule has 94 valence electrons. The molecule has 2 aromatic rings. The van der Waals surface area contributed by atoms with Gasteiger partial charge in [-0.05, 0) is 29.8 Å². The van der Waals surface area contributed by atoms with Crippen LogP contribution in [0, 0.1) is 0 Å². The molecule has 2 rings (SSSR count). The number of aromatic nitrogens is 1. The van der Waals surface area contributed by atoms with E-state index in [0.717, 1.165) is 12.1 Å². The highest BCUT2D eigenvalue weighted by molar-refractivity contribution is 5.31. The summed E-state index contributed by atoms with van der Waals surface area (Å²) in [5.74, 6) is 0. The van der Waals surface area contributed by atoms with Crippen LogP contribution in [0.15, 0.2) is 48.7 Å². The number of alkyl halides is 3. The van der Waals surface area contributed by atoms with Crippen molar-refractivity contribution in [2.45, 2.75) is 12.3 Å². The molecule has 18 heavy (non-hydrogen) atoms. The summed E-state index contributed by atoms with van der Waals surface area (Å²) in [5, 5.41) is 9.95. The third-order valence-corrected chi connectivity index (χ3v) is 2.50. The smallest absolute Gasteiger partial charge is 0.382 e. The van der Waals surface area contributed by atoms with Crippen LogP contribution in [0.1, 0.15) is 22.9 Å². The number of aliphatic hydroxyl groups excluding tert-OH is 1. The van der Waals surface area contributed by atoms with Gasteiger partial charge in [0.05, 0.1) is 11.3 Å². The molecule has 0 fully saturated rings. The highest BCUT2D eigenvalue weighted by Gasteiger charge is 2.31. The standard InChI is InChI=1S/C13H10F3NO/c14-13(15,16)10-5-3-4-9(8-10)12(18)11-6-1-2-7-17-11/h1-8,12,18H/t12-/m0/s1. The van der Waals surface area contributed by atoms with Crippen LogP contribution in [0.2, 0.25) is 0 Å². The molecule has 5 heteroatoms. The van der Waals surface area contributed by atoms with Crippen molar-refractivity contribution in [2.24, 2.45) is 0 Å². The van der Waals surface area contributed by atoms with Crippen LogP contribution >= 0.6 is 0 Å². The summed E-state index contributed by atoms with van der Waals surface area (Å²) in [7, 11) is 0. The predicted molar refractivity (Wildman–Crippen MR) is 59.7 cm³/mol. The molecule has 1 atom stereocenters. The van der Waals surface area contributed by atoms with Crippen LogP contribution in [0.3, 0.4) is 0 Å². The van der Waals surface area contributed by atoms with Gasteiger partial charge in [0.25, 0.3) is 0 Å². The second-order valence-electron chi connectivity index (χ2n) is 3.78. The molecular formula is C13H10F3NO. The van der Waals surface area contributed by atoms with E-state index in [-0.39, 0.29) is 5.56 Å². The van der Waals surface area contributed by atoms with E-state index >= 15 is 0 Å². The van der Waals surface area contributed by atoms with E-state index in [9.17, 15) is 18.3 Å². The van der Waals surface area contributed by atoms with Gasteiger partial charge >= 0.3 is 6.18 Å². The monoisotopic (exact) mass is 253 g/mol. The molecule has 0 bridgehead atoms. The summed E-state index contributed by atoms with van der Waals surface area (Å²) in [6.07, 6.45) is -4.10. The Hall–Kier alpha value is -1.88. The Morgan fingerprint density at radius 3 is 2.44 bits per heavy atom. The molecule has 0 amide bonds. The highest BCUT2D eigenvalue weighted by atomic mass is 19.4. The lowest BCUT2D eigenvalue weighted by Crippen LogP contribution is -2.08. The molecule has 0 radical (unpaired) electrons. The summed E-state index contributed by atoms with van der Waals surface area (Å²) >= 11 is 0. The molecule has 0 aliphatic rings. The minimum Gasteiger partial charge on any atom is -0.382 e. The molecule has 1 heterocycles. The van der Waals surface area contributed by atoms with Gasteiger partial charge in [0.15, 0.2) is 0 Å². The number of hydrogen-bond acceptors (Lipinski definition) is 2. The van der Waals surface area contributed by atoms with Crippen LogP contribution in [0.5, 0.6) is 0 Å². The van der Waals surface area contributed by atoms with Gasteiger partial charge in [0.2, 0.25) is 0 Å². The molecular weight excluding hydrogens is 243 g/mol. The van der Waals surface area contributed by atoms with E-state index < -0.39 is 17.8 Å². The molecule has 1 aromatic heterocycles. The highest BCUT2D eigenvalue weighted by Crippen LogP contribution is 2.31. The normalized spacial score (nSPS) is 13.3.